The van der Waals surface area contributed by atoms with Gasteiger partial charge in [0.1, 0.15) is 5.82 Å². The number of amides is 1. The van der Waals surface area contributed by atoms with Crippen LogP contribution in [0.1, 0.15) is 48.4 Å². The van der Waals surface area contributed by atoms with Crippen molar-refractivity contribution in [2.75, 3.05) is 13.2 Å². The number of carbonyl (C=O) groups excluding carboxylic acids is 1. The van der Waals surface area contributed by atoms with Crippen LogP contribution in [0.3, 0.4) is 0 Å². The zero-order valence-electron chi connectivity index (χ0n) is 16.0. The third-order valence-corrected chi connectivity index (χ3v) is 6.40. The molecule has 2 aromatic carbocycles. The monoisotopic (exact) mass is 382 g/mol. The number of carbonyl (C=O) groups is 1. The Hall–Kier alpha value is -2.24. The van der Waals surface area contributed by atoms with E-state index in [1.165, 1.54) is 17.7 Å². The summed E-state index contributed by atoms with van der Waals surface area (Å²) >= 11 is 0. The third kappa shape index (κ3) is 3.56. The summed E-state index contributed by atoms with van der Waals surface area (Å²) in [4.78, 5) is 15.4. The Kier molecular flexibility index (Phi) is 5.21. The lowest BCUT2D eigenvalue weighted by Crippen LogP contribution is -2.50. The number of nitrogens with zero attached hydrogens (tertiary/aromatic N) is 1. The average Bonchev–Trinajstić information content (AvgIpc) is 2.74. The molecular weight excluding hydrogens is 355 g/mol. The highest BCUT2D eigenvalue weighted by molar-refractivity contribution is 5.80. The standard InChI is InChI=1S/C23H27FN2O2/c24-19-7-5-17(6-8-19)21-20-4-2-1-3-16(20)11-14-26(21)22(28)18-9-12-23(25,15-27)13-10-18/h1-8,18,21,27H,9-15,25H2/t18-,21-,23+/m0/s1. The zero-order valence-corrected chi connectivity index (χ0v) is 16.0. The van der Waals surface area contributed by atoms with Gasteiger partial charge in [0, 0.05) is 18.0 Å². The lowest BCUT2D eigenvalue weighted by Gasteiger charge is -2.42. The molecule has 5 heteroatoms. The highest BCUT2D eigenvalue weighted by Gasteiger charge is 2.39. The first-order valence-electron chi connectivity index (χ1n) is 10.0. The second-order valence-corrected chi connectivity index (χ2v) is 8.23. The number of aliphatic hydroxyl groups excluding tert-OH is 1. The van der Waals surface area contributed by atoms with E-state index in [9.17, 15) is 14.3 Å². The first-order valence-corrected chi connectivity index (χ1v) is 10.0. The number of nitrogens with two attached hydrogens (primary N) is 1. The second-order valence-electron chi connectivity index (χ2n) is 8.23. The maximum atomic E-state index is 13.5. The van der Waals surface area contributed by atoms with Gasteiger partial charge in [0.05, 0.1) is 12.6 Å². The smallest absolute Gasteiger partial charge is 0.226 e. The van der Waals surface area contributed by atoms with E-state index >= 15 is 0 Å². The van der Waals surface area contributed by atoms with Crippen molar-refractivity contribution in [2.45, 2.75) is 43.7 Å². The van der Waals surface area contributed by atoms with Gasteiger partial charge in [0.25, 0.3) is 0 Å². The normalized spacial score (nSPS) is 27.3. The van der Waals surface area contributed by atoms with Gasteiger partial charge in [-0.1, -0.05) is 36.4 Å². The summed E-state index contributed by atoms with van der Waals surface area (Å²) in [5, 5.41) is 9.50. The Labute approximate surface area is 165 Å². The molecule has 1 heterocycles. The molecule has 3 N–H and O–H groups in total. The van der Waals surface area contributed by atoms with Gasteiger partial charge >= 0.3 is 0 Å². The summed E-state index contributed by atoms with van der Waals surface area (Å²) in [5.41, 5.74) is 8.92. The maximum absolute atomic E-state index is 13.5. The predicted molar refractivity (Wildman–Crippen MR) is 106 cm³/mol. The van der Waals surface area contributed by atoms with E-state index in [1.54, 1.807) is 12.1 Å². The molecule has 28 heavy (non-hydrogen) atoms. The Balaban J connectivity index is 1.64. The summed E-state index contributed by atoms with van der Waals surface area (Å²) in [5.74, 6) is -0.207. The van der Waals surface area contributed by atoms with Crippen molar-refractivity contribution in [3.63, 3.8) is 0 Å². The van der Waals surface area contributed by atoms with E-state index in [-0.39, 0.29) is 30.3 Å². The van der Waals surface area contributed by atoms with Gasteiger partial charge in [-0.15, -0.1) is 0 Å². The van der Waals surface area contributed by atoms with E-state index < -0.39 is 5.54 Å². The first kappa shape index (κ1) is 19.1. The van der Waals surface area contributed by atoms with Crippen LogP contribution in [0.2, 0.25) is 0 Å². The van der Waals surface area contributed by atoms with Crippen LogP contribution in [-0.2, 0) is 11.2 Å². The number of halogens is 1. The molecule has 2 aromatic rings. The summed E-state index contributed by atoms with van der Waals surface area (Å²) in [6.07, 6.45) is 3.54. The van der Waals surface area contributed by atoms with Crippen LogP contribution >= 0.6 is 0 Å². The maximum Gasteiger partial charge on any atom is 0.226 e. The summed E-state index contributed by atoms with van der Waals surface area (Å²) in [6.45, 7) is 0.616. The van der Waals surface area contributed by atoms with E-state index in [0.29, 0.717) is 32.2 Å². The molecule has 2 aliphatic rings. The molecule has 1 atom stereocenters. The van der Waals surface area contributed by atoms with Gasteiger partial charge in [-0.3, -0.25) is 4.79 Å². The molecule has 0 unspecified atom stereocenters. The molecule has 1 saturated carbocycles. The average molecular weight is 382 g/mol. The summed E-state index contributed by atoms with van der Waals surface area (Å²) in [6, 6.07) is 14.5. The van der Waals surface area contributed by atoms with Crippen LogP contribution in [0.4, 0.5) is 4.39 Å². The molecule has 0 spiro atoms. The Morgan fingerprint density at radius 2 is 1.82 bits per heavy atom. The fourth-order valence-corrected chi connectivity index (χ4v) is 4.64. The number of aliphatic hydroxyl groups is 1. The number of fused-ring (bicyclic) bond motifs is 1. The van der Waals surface area contributed by atoms with Crippen molar-refractivity contribution >= 4 is 5.91 Å². The fourth-order valence-electron chi connectivity index (χ4n) is 4.64. The Morgan fingerprint density at radius 3 is 2.50 bits per heavy atom. The highest BCUT2D eigenvalue weighted by atomic mass is 19.1. The second kappa shape index (κ2) is 7.64. The van der Waals surface area contributed by atoms with Gasteiger partial charge < -0.3 is 15.7 Å². The van der Waals surface area contributed by atoms with E-state index in [1.807, 2.05) is 17.0 Å². The van der Waals surface area contributed by atoms with Crippen molar-refractivity contribution in [2.24, 2.45) is 11.7 Å². The van der Waals surface area contributed by atoms with Gasteiger partial charge in [-0.2, -0.15) is 0 Å². The molecule has 0 saturated heterocycles. The van der Waals surface area contributed by atoms with Crippen LogP contribution in [-0.4, -0.2) is 34.6 Å². The van der Waals surface area contributed by atoms with Crippen LogP contribution < -0.4 is 5.73 Å². The van der Waals surface area contributed by atoms with Crippen LogP contribution in [0.25, 0.3) is 0 Å². The van der Waals surface area contributed by atoms with Crippen molar-refractivity contribution < 1.29 is 14.3 Å². The number of benzene rings is 2. The third-order valence-electron chi connectivity index (χ3n) is 6.40. The SMILES string of the molecule is N[C@]1(CO)CC[C@H](C(=O)N2CCc3ccccc3[C@@H]2c2ccc(F)cc2)CC1. The minimum absolute atomic E-state index is 0.0385. The largest absolute Gasteiger partial charge is 0.394 e. The minimum atomic E-state index is -0.554. The van der Waals surface area contributed by atoms with E-state index in [2.05, 4.69) is 12.1 Å². The number of rotatable bonds is 3. The highest BCUT2D eigenvalue weighted by Crippen LogP contribution is 2.39. The first-order chi connectivity index (χ1) is 13.5. The molecule has 0 aromatic heterocycles. The number of hydrogen-bond acceptors (Lipinski definition) is 3. The molecule has 4 nitrogen and oxygen atoms in total. The van der Waals surface area contributed by atoms with Crippen molar-refractivity contribution in [3.8, 4) is 0 Å². The molecule has 1 fully saturated rings. The Morgan fingerprint density at radius 1 is 1.14 bits per heavy atom. The topological polar surface area (TPSA) is 66.6 Å². The lowest BCUT2D eigenvalue weighted by molar-refractivity contribution is -0.139. The van der Waals surface area contributed by atoms with Crippen LogP contribution in [0, 0.1) is 11.7 Å². The fraction of sp³-hybridized carbons (Fsp3) is 0.435. The van der Waals surface area contributed by atoms with Crippen molar-refractivity contribution in [1.29, 1.82) is 0 Å². The van der Waals surface area contributed by atoms with Gasteiger partial charge in [-0.05, 0) is 60.9 Å². The number of hydrogen-bond donors (Lipinski definition) is 2. The molecule has 1 aliphatic carbocycles. The molecular formula is C23H27FN2O2. The van der Waals surface area contributed by atoms with Gasteiger partial charge in [0.2, 0.25) is 5.91 Å². The predicted octanol–water partition coefficient (Wildman–Crippen LogP) is 3.18. The van der Waals surface area contributed by atoms with Crippen molar-refractivity contribution in [3.05, 3.63) is 71.0 Å². The molecule has 1 aliphatic heterocycles. The molecule has 0 radical (unpaired) electrons. The molecule has 148 valence electrons. The van der Waals surface area contributed by atoms with E-state index in [0.717, 1.165) is 17.5 Å². The summed E-state index contributed by atoms with van der Waals surface area (Å²) < 4.78 is 13.5. The van der Waals surface area contributed by atoms with Crippen LogP contribution in [0.5, 0.6) is 0 Å². The van der Waals surface area contributed by atoms with E-state index in [4.69, 9.17) is 5.73 Å². The molecule has 0 bridgehead atoms. The Bertz CT molecular complexity index is 844. The summed E-state index contributed by atoms with van der Waals surface area (Å²) in [7, 11) is 0. The zero-order chi connectivity index (χ0) is 19.7. The lowest BCUT2D eigenvalue weighted by atomic mass is 9.76. The van der Waals surface area contributed by atoms with Gasteiger partial charge in [0.15, 0.2) is 0 Å². The minimum Gasteiger partial charge on any atom is -0.394 e. The van der Waals surface area contributed by atoms with Crippen molar-refractivity contribution in [1.82, 2.24) is 4.90 Å². The molecule has 4 rings (SSSR count). The molecule has 1 amide bonds. The quantitative estimate of drug-likeness (QED) is 0.857. The van der Waals surface area contributed by atoms with Crippen LogP contribution in [0.15, 0.2) is 48.5 Å². The van der Waals surface area contributed by atoms with Gasteiger partial charge in [-0.25, -0.2) is 4.39 Å².